The molecule has 2 rings (SSSR count). The van der Waals surface area contributed by atoms with Gasteiger partial charge >= 0.3 is 0 Å². The van der Waals surface area contributed by atoms with Crippen LogP contribution in [0.15, 0.2) is 18.2 Å². The molecule has 0 aromatic heterocycles. The Kier molecular flexibility index (Phi) is 3.80. The van der Waals surface area contributed by atoms with Gasteiger partial charge in [-0.15, -0.1) is 0 Å². The number of nitrogens with one attached hydrogen (secondary N) is 1. The lowest BCUT2D eigenvalue weighted by Gasteiger charge is -2.29. The van der Waals surface area contributed by atoms with Crippen molar-refractivity contribution in [2.75, 3.05) is 13.4 Å². The SMILES string of the molecule is COc1cc(CNS(C)(=O)=O)cc2c1OC(C)(C)C=C2. The van der Waals surface area contributed by atoms with Crippen LogP contribution in [0.5, 0.6) is 11.5 Å². The van der Waals surface area contributed by atoms with Gasteiger partial charge in [0.05, 0.1) is 13.4 Å². The molecule has 0 saturated heterocycles. The second kappa shape index (κ2) is 5.10. The van der Waals surface area contributed by atoms with E-state index in [4.69, 9.17) is 9.47 Å². The summed E-state index contributed by atoms with van der Waals surface area (Å²) in [6, 6.07) is 3.67. The molecular formula is C14H19NO4S. The Bertz CT molecular complexity index is 647. The topological polar surface area (TPSA) is 64.6 Å². The van der Waals surface area contributed by atoms with Gasteiger partial charge in [-0.3, -0.25) is 0 Å². The molecule has 1 aromatic carbocycles. The van der Waals surface area contributed by atoms with Crippen LogP contribution in [-0.2, 0) is 16.6 Å². The number of rotatable bonds is 4. The molecule has 1 heterocycles. The monoisotopic (exact) mass is 297 g/mol. The highest BCUT2D eigenvalue weighted by molar-refractivity contribution is 7.88. The fourth-order valence-corrected chi connectivity index (χ4v) is 2.40. The van der Waals surface area contributed by atoms with Crippen LogP contribution in [0, 0.1) is 0 Å². The molecule has 0 atom stereocenters. The van der Waals surface area contributed by atoms with E-state index < -0.39 is 10.0 Å². The van der Waals surface area contributed by atoms with Crippen molar-refractivity contribution in [2.45, 2.75) is 26.0 Å². The summed E-state index contributed by atoms with van der Waals surface area (Å²) in [5, 5.41) is 0. The van der Waals surface area contributed by atoms with Crippen LogP contribution < -0.4 is 14.2 Å². The summed E-state index contributed by atoms with van der Waals surface area (Å²) in [6.45, 7) is 4.15. The van der Waals surface area contributed by atoms with E-state index in [1.165, 1.54) is 0 Å². The Morgan fingerprint density at radius 2 is 2.05 bits per heavy atom. The predicted molar refractivity (Wildman–Crippen MR) is 78.4 cm³/mol. The summed E-state index contributed by atoms with van der Waals surface area (Å²) < 4.78 is 36.0. The van der Waals surface area contributed by atoms with Crippen molar-refractivity contribution in [1.29, 1.82) is 0 Å². The normalized spacial score (nSPS) is 16.4. The van der Waals surface area contributed by atoms with Crippen molar-refractivity contribution in [3.63, 3.8) is 0 Å². The number of fused-ring (bicyclic) bond motifs is 1. The van der Waals surface area contributed by atoms with Gasteiger partial charge in [-0.2, -0.15) is 0 Å². The third kappa shape index (κ3) is 3.52. The first kappa shape index (κ1) is 14.9. The highest BCUT2D eigenvalue weighted by Crippen LogP contribution is 2.39. The highest BCUT2D eigenvalue weighted by Gasteiger charge is 2.25. The average molecular weight is 297 g/mol. The summed E-state index contributed by atoms with van der Waals surface area (Å²) in [5.41, 5.74) is 1.32. The zero-order valence-corrected chi connectivity index (χ0v) is 12.9. The van der Waals surface area contributed by atoms with Crippen molar-refractivity contribution in [1.82, 2.24) is 4.72 Å². The first-order chi connectivity index (χ1) is 9.20. The summed E-state index contributed by atoms with van der Waals surface area (Å²) >= 11 is 0. The molecule has 6 heteroatoms. The minimum atomic E-state index is -3.22. The standard InChI is InChI=1S/C14H19NO4S/c1-14(2)6-5-11-7-10(9-15-20(4,16)17)8-12(18-3)13(11)19-14/h5-8,15H,9H2,1-4H3. The van der Waals surface area contributed by atoms with Gasteiger partial charge in [-0.25, -0.2) is 13.1 Å². The fourth-order valence-electron chi connectivity index (χ4n) is 1.97. The van der Waals surface area contributed by atoms with Crippen LogP contribution >= 0.6 is 0 Å². The lowest BCUT2D eigenvalue weighted by molar-refractivity contribution is 0.152. The molecule has 5 nitrogen and oxygen atoms in total. The Morgan fingerprint density at radius 3 is 2.65 bits per heavy atom. The number of sulfonamides is 1. The van der Waals surface area contributed by atoms with Crippen LogP contribution in [-0.4, -0.2) is 27.4 Å². The van der Waals surface area contributed by atoms with E-state index in [0.717, 1.165) is 17.4 Å². The van der Waals surface area contributed by atoms with E-state index in [9.17, 15) is 8.42 Å². The lowest BCUT2D eigenvalue weighted by Crippen LogP contribution is -2.28. The van der Waals surface area contributed by atoms with Crippen LogP contribution in [0.2, 0.25) is 0 Å². The van der Waals surface area contributed by atoms with Crippen LogP contribution in [0.1, 0.15) is 25.0 Å². The third-order valence-electron chi connectivity index (χ3n) is 2.93. The van der Waals surface area contributed by atoms with Crippen LogP contribution in [0.3, 0.4) is 0 Å². The predicted octanol–water partition coefficient (Wildman–Crippen LogP) is 1.93. The van der Waals surface area contributed by atoms with E-state index in [-0.39, 0.29) is 12.1 Å². The number of hydrogen-bond acceptors (Lipinski definition) is 4. The summed E-state index contributed by atoms with van der Waals surface area (Å²) in [6.07, 6.45) is 5.06. The Hall–Kier alpha value is -1.53. The maximum absolute atomic E-state index is 11.2. The fraction of sp³-hybridized carbons (Fsp3) is 0.429. The van der Waals surface area contributed by atoms with Gasteiger partial charge in [0.1, 0.15) is 5.60 Å². The molecule has 0 fully saturated rings. The van der Waals surface area contributed by atoms with Crippen molar-refractivity contribution in [3.8, 4) is 11.5 Å². The van der Waals surface area contributed by atoms with E-state index >= 15 is 0 Å². The molecule has 1 aliphatic heterocycles. The first-order valence-electron chi connectivity index (χ1n) is 6.24. The number of benzene rings is 1. The smallest absolute Gasteiger partial charge is 0.209 e. The number of ether oxygens (including phenoxy) is 2. The first-order valence-corrected chi connectivity index (χ1v) is 8.13. The van der Waals surface area contributed by atoms with E-state index in [1.54, 1.807) is 13.2 Å². The molecule has 1 aromatic rings. The molecule has 0 radical (unpaired) electrons. The van der Waals surface area contributed by atoms with Gasteiger partial charge in [0.25, 0.3) is 0 Å². The minimum absolute atomic E-state index is 0.222. The van der Waals surface area contributed by atoms with Gasteiger partial charge in [0, 0.05) is 12.1 Å². The molecular weight excluding hydrogens is 278 g/mol. The zero-order valence-electron chi connectivity index (χ0n) is 12.1. The molecule has 0 spiro atoms. The molecule has 0 aliphatic carbocycles. The molecule has 0 unspecified atom stereocenters. The van der Waals surface area contributed by atoms with E-state index in [1.807, 2.05) is 32.1 Å². The lowest BCUT2D eigenvalue weighted by atomic mass is 10.00. The maximum Gasteiger partial charge on any atom is 0.209 e. The van der Waals surface area contributed by atoms with Gasteiger partial charge in [-0.1, -0.05) is 6.08 Å². The zero-order chi connectivity index (χ0) is 15.0. The Morgan fingerprint density at radius 1 is 1.35 bits per heavy atom. The number of hydrogen-bond donors (Lipinski definition) is 1. The van der Waals surface area contributed by atoms with Gasteiger partial charge in [0.2, 0.25) is 10.0 Å². The molecule has 0 bridgehead atoms. The largest absolute Gasteiger partial charge is 0.493 e. The molecule has 0 amide bonds. The third-order valence-corrected chi connectivity index (χ3v) is 3.60. The molecule has 20 heavy (non-hydrogen) atoms. The maximum atomic E-state index is 11.2. The van der Waals surface area contributed by atoms with Crippen LogP contribution in [0.25, 0.3) is 6.08 Å². The highest BCUT2D eigenvalue weighted by atomic mass is 32.2. The average Bonchev–Trinajstić information content (AvgIpc) is 2.34. The Balaban J connectivity index is 2.36. The minimum Gasteiger partial charge on any atom is -0.493 e. The van der Waals surface area contributed by atoms with Crippen molar-refractivity contribution >= 4 is 16.1 Å². The van der Waals surface area contributed by atoms with Crippen molar-refractivity contribution < 1.29 is 17.9 Å². The molecule has 0 saturated carbocycles. The summed E-state index contributed by atoms with van der Waals surface area (Å²) in [4.78, 5) is 0. The van der Waals surface area contributed by atoms with Crippen LogP contribution in [0.4, 0.5) is 0 Å². The van der Waals surface area contributed by atoms with Gasteiger partial charge in [-0.05, 0) is 37.6 Å². The quantitative estimate of drug-likeness (QED) is 0.922. The second-order valence-electron chi connectivity index (χ2n) is 5.35. The summed E-state index contributed by atoms with van der Waals surface area (Å²) in [7, 11) is -1.65. The molecule has 1 N–H and O–H groups in total. The number of methoxy groups -OCH3 is 1. The van der Waals surface area contributed by atoms with E-state index in [2.05, 4.69) is 4.72 Å². The summed E-state index contributed by atoms with van der Waals surface area (Å²) in [5.74, 6) is 1.29. The molecule has 1 aliphatic rings. The molecule has 110 valence electrons. The van der Waals surface area contributed by atoms with Gasteiger partial charge in [0.15, 0.2) is 11.5 Å². The van der Waals surface area contributed by atoms with E-state index in [0.29, 0.717) is 11.5 Å². The van der Waals surface area contributed by atoms with Crippen molar-refractivity contribution in [2.24, 2.45) is 0 Å². The Labute approximate surface area is 119 Å². The van der Waals surface area contributed by atoms with Crippen molar-refractivity contribution in [3.05, 3.63) is 29.3 Å². The van der Waals surface area contributed by atoms with Gasteiger partial charge < -0.3 is 9.47 Å². The second-order valence-corrected chi connectivity index (χ2v) is 7.18.